The van der Waals surface area contributed by atoms with E-state index in [-0.39, 0.29) is 40.7 Å². The molecule has 1 saturated heterocycles. The quantitative estimate of drug-likeness (QED) is 0.877. The maximum Gasteiger partial charge on any atom is 0.334 e. The summed E-state index contributed by atoms with van der Waals surface area (Å²) in [6.07, 6.45) is -1.60. The van der Waals surface area contributed by atoms with Crippen LogP contribution in [0.4, 0.5) is 4.39 Å². The van der Waals surface area contributed by atoms with Crippen molar-refractivity contribution in [3.05, 3.63) is 40.4 Å². The summed E-state index contributed by atoms with van der Waals surface area (Å²) in [5, 5.41) is 13.1. The number of morpholine rings is 1. The molecule has 0 aliphatic carbocycles. The number of nitrogens with zero attached hydrogens (tertiary/aromatic N) is 2. The lowest BCUT2D eigenvalue weighted by Gasteiger charge is -2.34. The molecule has 0 radical (unpaired) electrons. The van der Waals surface area contributed by atoms with Crippen molar-refractivity contribution < 1.29 is 28.3 Å². The number of carbonyl (C=O) groups is 2. The van der Waals surface area contributed by atoms with Crippen LogP contribution in [0.5, 0.6) is 0 Å². The van der Waals surface area contributed by atoms with Gasteiger partial charge in [-0.1, -0.05) is 22.8 Å². The smallest absolute Gasteiger partial charge is 0.334 e. The molecule has 7 nitrogen and oxygen atoms in total. The first kappa shape index (κ1) is 18.3. The molecule has 0 saturated carbocycles. The minimum Gasteiger partial charge on any atom is -0.479 e. The summed E-state index contributed by atoms with van der Waals surface area (Å²) >= 11 is 6.08. The van der Waals surface area contributed by atoms with Crippen molar-refractivity contribution in [1.29, 1.82) is 0 Å². The summed E-state index contributed by atoms with van der Waals surface area (Å²) in [5.74, 6) is -2.12. The van der Waals surface area contributed by atoms with E-state index < -0.39 is 29.9 Å². The molecule has 1 N–H and O–H groups in total. The van der Waals surface area contributed by atoms with E-state index in [1.54, 1.807) is 6.92 Å². The van der Waals surface area contributed by atoms with Gasteiger partial charge in [0.05, 0.1) is 23.2 Å². The van der Waals surface area contributed by atoms with Gasteiger partial charge in [-0.2, -0.15) is 0 Å². The molecule has 2 heterocycles. The number of hydrogen-bond acceptors (Lipinski definition) is 5. The van der Waals surface area contributed by atoms with Gasteiger partial charge in [0.15, 0.2) is 6.10 Å². The second-order valence-corrected chi connectivity index (χ2v) is 6.45. The molecule has 1 aromatic heterocycles. The van der Waals surface area contributed by atoms with Crippen molar-refractivity contribution in [3.63, 3.8) is 0 Å². The molecule has 1 aliphatic rings. The second kappa shape index (κ2) is 7.05. The zero-order valence-electron chi connectivity index (χ0n) is 14.0. The molecule has 2 atom stereocenters. The van der Waals surface area contributed by atoms with Gasteiger partial charge in [-0.25, -0.2) is 9.18 Å². The molecule has 1 unspecified atom stereocenters. The first-order valence-electron chi connectivity index (χ1n) is 7.87. The second-order valence-electron chi connectivity index (χ2n) is 6.04. The van der Waals surface area contributed by atoms with Gasteiger partial charge in [-0.05, 0) is 26.0 Å². The van der Waals surface area contributed by atoms with Crippen LogP contribution in [0.15, 0.2) is 22.7 Å². The van der Waals surface area contributed by atoms with E-state index in [1.807, 2.05) is 0 Å². The van der Waals surface area contributed by atoms with Crippen LogP contribution < -0.4 is 0 Å². The summed E-state index contributed by atoms with van der Waals surface area (Å²) in [6.45, 7) is 3.26. The Morgan fingerprint density at radius 3 is 2.77 bits per heavy atom. The number of amides is 1. The fourth-order valence-electron chi connectivity index (χ4n) is 2.93. The predicted octanol–water partition coefficient (Wildman–Crippen LogP) is 2.76. The van der Waals surface area contributed by atoms with Crippen molar-refractivity contribution in [2.75, 3.05) is 13.1 Å². The minimum atomic E-state index is -1.16. The number of benzene rings is 1. The maximum atomic E-state index is 14.3. The van der Waals surface area contributed by atoms with E-state index in [0.29, 0.717) is 0 Å². The Morgan fingerprint density at radius 2 is 2.12 bits per heavy atom. The lowest BCUT2D eigenvalue weighted by molar-refractivity contribution is -0.160. The maximum absolute atomic E-state index is 14.3. The van der Waals surface area contributed by atoms with Gasteiger partial charge in [0.2, 0.25) is 0 Å². The lowest BCUT2D eigenvalue weighted by atomic mass is 10.0. The third-order valence-corrected chi connectivity index (χ3v) is 4.41. The Hall–Kier alpha value is -2.45. The number of carbonyl (C=O) groups excluding carboxylic acids is 1. The number of aromatic nitrogens is 1. The number of aryl methyl sites for hydroxylation is 1. The van der Waals surface area contributed by atoms with Crippen molar-refractivity contribution >= 4 is 23.5 Å². The van der Waals surface area contributed by atoms with Gasteiger partial charge >= 0.3 is 5.97 Å². The predicted molar refractivity (Wildman–Crippen MR) is 89.5 cm³/mol. The average Bonchev–Trinajstić information content (AvgIpc) is 2.94. The van der Waals surface area contributed by atoms with Crippen molar-refractivity contribution in [2.45, 2.75) is 26.1 Å². The first-order valence-corrected chi connectivity index (χ1v) is 8.25. The third kappa shape index (κ3) is 3.30. The Balaban J connectivity index is 2.01. The lowest BCUT2D eigenvalue weighted by Crippen LogP contribution is -2.51. The Bertz CT molecular complexity index is 849. The zero-order chi connectivity index (χ0) is 19.0. The Kier molecular flexibility index (Phi) is 4.97. The van der Waals surface area contributed by atoms with Crippen LogP contribution in [0.2, 0.25) is 5.02 Å². The van der Waals surface area contributed by atoms with E-state index in [4.69, 9.17) is 20.9 Å². The molecule has 9 heteroatoms. The van der Waals surface area contributed by atoms with Gasteiger partial charge in [-0.15, -0.1) is 0 Å². The normalized spacial score (nSPS) is 20.2. The van der Waals surface area contributed by atoms with E-state index in [1.165, 1.54) is 30.0 Å². The van der Waals surface area contributed by atoms with Gasteiger partial charge < -0.3 is 19.3 Å². The number of rotatable bonds is 3. The molecule has 1 amide bonds. The molecule has 1 aromatic carbocycles. The topological polar surface area (TPSA) is 92.9 Å². The van der Waals surface area contributed by atoms with Gasteiger partial charge in [-0.3, -0.25) is 4.79 Å². The largest absolute Gasteiger partial charge is 0.479 e. The summed E-state index contributed by atoms with van der Waals surface area (Å²) in [6, 6.07) is 4.13. The molecule has 26 heavy (non-hydrogen) atoms. The summed E-state index contributed by atoms with van der Waals surface area (Å²) < 4.78 is 24.7. The SMILES string of the molecule is Cc1onc(-c2c(F)cccc2Cl)c1C(=O)N1CC(C(=O)O)O[C@H](C)C1. The number of halogens is 2. The highest BCUT2D eigenvalue weighted by Crippen LogP contribution is 2.34. The van der Waals surface area contributed by atoms with Crippen LogP contribution >= 0.6 is 11.6 Å². The van der Waals surface area contributed by atoms with Crippen LogP contribution in [0, 0.1) is 12.7 Å². The molecule has 1 fully saturated rings. The number of ether oxygens (including phenoxy) is 1. The number of carboxylic acid groups (broad SMARTS) is 1. The van der Waals surface area contributed by atoms with E-state index in [2.05, 4.69) is 5.16 Å². The van der Waals surface area contributed by atoms with Crippen LogP contribution in [-0.2, 0) is 9.53 Å². The zero-order valence-corrected chi connectivity index (χ0v) is 14.8. The fraction of sp³-hybridized carbons (Fsp3) is 0.353. The van der Waals surface area contributed by atoms with Gasteiger partial charge in [0.25, 0.3) is 5.91 Å². The molecule has 1 aliphatic heterocycles. The van der Waals surface area contributed by atoms with Gasteiger partial charge in [0.1, 0.15) is 22.8 Å². The Labute approximate surface area is 153 Å². The number of aliphatic carboxylic acids is 1. The molecular formula is C17H16ClFN2O5. The van der Waals surface area contributed by atoms with Crippen LogP contribution in [0.1, 0.15) is 23.0 Å². The molecule has 0 spiro atoms. The van der Waals surface area contributed by atoms with E-state index in [0.717, 1.165) is 0 Å². The standard InChI is InChI=1S/C17H16ClFN2O5/c1-8-6-21(7-12(25-8)17(23)24)16(22)13-9(2)26-20-15(13)14-10(18)4-3-5-11(14)19/h3-5,8,12H,6-7H2,1-2H3,(H,23,24)/t8-,12?/m1/s1. The number of carboxylic acids is 1. The fourth-order valence-corrected chi connectivity index (χ4v) is 3.18. The highest BCUT2D eigenvalue weighted by atomic mass is 35.5. The Morgan fingerprint density at radius 1 is 1.38 bits per heavy atom. The highest BCUT2D eigenvalue weighted by Gasteiger charge is 2.36. The van der Waals surface area contributed by atoms with Crippen LogP contribution in [0.3, 0.4) is 0 Å². The van der Waals surface area contributed by atoms with Crippen LogP contribution in [0.25, 0.3) is 11.3 Å². The molecule has 3 rings (SSSR count). The van der Waals surface area contributed by atoms with Crippen LogP contribution in [-0.4, -0.2) is 52.3 Å². The van der Waals surface area contributed by atoms with Crippen molar-refractivity contribution in [1.82, 2.24) is 10.1 Å². The first-order chi connectivity index (χ1) is 12.3. The van der Waals surface area contributed by atoms with E-state index in [9.17, 15) is 19.1 Å². The average molecular weight is 383 g/mol. The third-order valence-electron chi connectivity index (χ3n) is 4.10. The van der Waals surface area contributed by atoms with Gasteiger partial charge in [0, 0.05) is 6.54 Å². The monoisotopic (exact) mass is 382 g/mol. The molecule has 138 valence electrons. The van der Waals surface area contributed by atoms with E-state index >= 15 is 0 Å². The molecular weight excluding hydrogens is 367 g/mol. The number of hydrogen-bond donors (Lipinski definition) is 1. The molecule has 2 aromatic rings. The minimum absolute atomic E-state index is 0.0124. The van der Waals surface area contributed by atoms with Crippen molar-refractivity contribution in [3.8, 4) is 11.3 Å². The summed E-state index contributed by atoms with van der Waals surface area (Å²) in [4.78, 5) is 25.6. The summed E-state index contributed by atoms with van der Waals surface area (Å²) in [7, 11) is 0. The highest BCUT2D eigenvalue weighted by molar-refractivity contribution is 6.33. The summed E-state index contributed by atoms with van der Waals surface area (Å²) in [5.41, 5.74) is 0.00215. The molecule has 0 bridgehead atoms. The van der Waals surface area contributed by atoms with Crippen molar-refractivity contribution in [2.24, 2.45) is 0 Å².